The van der Waals surface area contributed by atoms with Crippen molar-refractivity contribution >= 4 is 16.7 Å². The first-order valence-corrected chi connectivity index (χ1v) is 6.79. The Morgan fingerprint density at radius 3 is 2.79 bits per heavy atom. The first-order valence-electron chi connectivity index (χ1n) is 6.79. The highest BCUT2D eigenvalue weighted by molar-refractivity contribution is 5.81. The van der Waals surface area contributed by atoms with E-state index in [0.29, 0.717) is 25.2 Å². The van der Waals surface area contributed by atoms with Crippen molar-refractivity contribution in [3.8, 4) is 0 Å². The molecule has 1 aliphatic carbocycles. The van der Waals surface area contributed by atoms with E-state index in [1.165, 1.54) is 0 Å². The van der Waals surface area contributed by atoms with Gasteiger partial charge in [-0.25, -0.2) is 0 Å². The van der Waals surface area contributed by atoms with Crippen LogP contribution in [0.15, 0.2) is 36.5 Å². The molecule has 1 aromatic heterocycles. The zero-order chi connectivity index (χ0) is 13.1. The van der Waals surface area contributed by atoms with Crippen LogP contribution in [-0.2, 0) is 16.1 Å². The number of pyridine rings is 1. The summed E-state index contributed by atoms with van der Waals surface area (Å²) < 4.78 is 5.93. The van der Waals surface area contributed by atoms with E-state index in [9.17, 15) is 4.79 Å². The number of benzene rings is 1. The molecule has 0 amide bonds. The third-order valence-electron chi connectivity index (χ3n) is 3.68. The molecule has 1 fully saturated rings. The van der Waals surface area contributed by atoms with E-state index in [0.717, 1.165) is 29.3 Å². The van der Waals surface area contributed by atoms with Crippen molar-refractivity contribution in [3.63, 3.8) is 0 Å². The van der Waals surface area contributed by atoms with Gasteiger partial charge in [-0.15, -0.1) is 0 Å². The predicted octanol–water partition coefficient (Wildman–Crippen LogP) is 3.26. The smallest absolute Gasteiger partial charge is 0.133 e. The van der Waals surface area contributed by atoms with Crippen LogP contribution in [0.1, 0.15) is 31.2 Å². The number of para-hydroxylation sites is 1. The second-order valence-corrected chi connectivity index (χ2v) is 5.04. The first-order chi connectivity index (χ1) is 9.33. The molecular formula is C16H17NO2. The van der Waals surface area contributed by atoms with Gasteiger partial charge in [0.2, 0.25) is 0 Å². The Kier molecular flexibility index (Phi) is 3.56. The molecule has 0 spiro atoms. The van der Waals surface area contributed by atoms with Crippen molar-refractivity contribution in [3.05, 3.63) is 42.1 Å². The fourth-order valence-electron chi connectivity index (χ4n) is 2.57. The van der Waals surface area contributed by atoms with Crippen LogP contribution >= 0.6 is 0 Å². The van der Waals surface area contributed by atoms with Gasteiger partial charge in [-0.1, -0.05) is 24.3 Å². The summed E-state index contributed by atoms with van der Waals surface area (Å²) in [6, 6.07) is 10.2. The van der Waals surface area contributed by atoms with E-state index in [4.69, 9.17) is 4.74 Å². The second-order valence-electron chi connectivity index (χ2n) is 5.04. The molecule has 0 bridgehead atoms. The molecule has 1 heterocycles. The monoisotopic (exact) mass is 255 g/mol. The molecule has 1 aliphatic rings. The third kappa shape index (κ3) is 2.82. The van der Waals surface area contributed by atoms with Crippen molar-refractivity contribution < 1.29 is 9.53 Å². The summed E-state index contributed by atoms with van der Waals surface area (Å²) in [5.41, 5.74) is 2.13. The standard InChI is InChI=1S/C16H17NO2/c18-14-6-8-15(9-7-14)19-11-13-4-1-3-12-5-2-10-17-16(12)13/h1-5,10,15H,6-9,11H2. The van der Waals surface area contributed by atoms with Crippen LogP contribution in [0.25, 0.3) is 10.9 Å². The van der Waals surface area contributed by atoms with Gasteiger partial charge < -0.3 is 4.74 Å². The molecule has 98 valence electrons. The van der Waals surface area contributed by atoms with Crippen LogP contribution < -0.4 is 0 Å². The number of ether oxygens (including phenoxy) is 1. The highest BCUT2D eigenvalue weighted by atomic mass is 16.5. The molecule has 0 unspecified atom stereocenters. The zero-order valence-corrected chi connectivity index (χ0v) is 10.8. The van der Waals surface area contributed by atoms with Gasteiger partial charge in [0.15, 0.2) is 0 Å². The number of fused-ring (bicyclic) bond motifs is 1. The number of aromatic nitrogens is 1. The van der Waals surface area contributed by atoms with E-state index in [1.807, 2.05) is 18.3 Å². The molecule has 0 atom stereocenters. The van der Waals surface area contributed by atoms with Gasteiger partial charge >= 0.3 is 0 Å². The Morgan fingerprint density at radius 2 is 1.95 bits per heavy atom. The van der Waals surface area contributed by atoms with Crippen LogP contribution in [0.2, 0.25) is 0 Å². The van der Waals surface area contributed by atoms with E-state index < -0.39 is 0 Å². The van der Waals surface area contributed by atoms with Crippen molar-refractivity contribution in [1.82, 2.24) is 4.98 Å². The molecule has 0 radical (unpaired) electrons. The lowest BCUT2D eigenvalue weighted by Gasteiger charge is -2.21. The first kappa shape index (κ1) is 12.3. The lowest BCUT2D eigenvalue weighted by atomic mass is 9.96. The molecule has 1 aromatic carbocycles. The number of nitrogens with zero attached hydrogens (tertiary/aromatic N) is 1. The SMILES string of the molecule is O=C1CCC(OCc2cccc3cccnc23)CC1. The minimum atomic E-state index is 0.219. The molecule has 0 aliphatic heterocycles. The Labute approximate surface area is 112 Å². The van der Waals surface area contributed by atoms with Crippen molar-refractivity contribution in [2.45, 2.75) is 38.4 Å². The number of carbonyl (C=O) groups is 1. The fourth-order valence-corrected chi connectivity index (χ4v) is 2.57. The van der Waals surface area contributed by atoms with E-state index in [2.05, 4.69) is 23.2 Å². The summed E-state index contributed by atoms with van der Waals surface area (Å²) in [6.45, 7) is 0.577. The summed E-state index contributed by atoms with van der Waals surface area (Å²) >= 11 is 0. The molecule has 0 N–H and O–H groups in total. The molecule has 2 aromatic rings. The lowest BCUT2D eigenvalue weighted by Crippen LogP contribution is -2.21. The van der Waals surface area contributed by atoms with Crippen LogP contribution in [0.5, 0.6) is 0 Å². The average molecular weight is 255 g/mol. The highest BCUT2D eigenvalue weighted by Gasteiger charge is 2.19. The molecule has 3 nitrogen and oxygen atoms in total. The summed E-state index contributed by atoms with van der Waals surface area (Å²) in [5.74, 6) is 0.367. The second kappa shape index (κ2) is 5.49. The average Bonchev–Trinajstić information content (AvgIpc) is 2.47. The van der Waals surface area contributed by atoms with Gasteiger partial charge in [0.25, 0.3) is 0 Å². The van der Waals surface area contributed by atoms with Crippen LogP contribution in [0.3, 0.4) is 0 Å². The summed E-state index contributed by atoms with van der Waals surface area (Å²) in [4.78, 5) is 15.6. The summed E-state index contributed by atoms with van der Waals surface area (Å²) in [6.07, 6.45) is 5.08. The number of carbonyl (C=O) groups excluding carboxylic acids is 1. The van der Waals surface area contributed by atoms with Crippen LogP contribution in [-0.4, -0.2) is 16.9 Å². The van der Waals surface area contributed by atoms with Crippen molar-refractivity contribution in [2.75, 3.05) is 0 Å². The van der Waals surface area contributed by atoms with Gasteiger partial charge in [0.05, 0.1) is 18.2 Å². The molecular weight excluding hydrogens is 238 g/mol. The number of Topliss-reactive ketones (excluding diaryl/α,β-unsaturated/α-hetero) is 1. The Balaban J connectivity index is 1.70. The number of rotatable bonds is 3. The van der Waals surface area contributed by atoms with E-state index >= 15 is 0 Å². The third-order valence-corrected chi connectivity index (χ3v) is 3.68. The summed E-state index contributed by atoms with van der Waals surface area (Å²) in [5, 5.41) is 1.14. The molecule has 19 heavy (non-hydrogen) atoms. The minimum Gasteiger partial charge on any atom is -0.373 e. The Hall–Kier alpha value is -1.74. The largest absolute Gasteiger partial charge is 0.373 e. The maximum Gasteiger partial charge on any atom is 0.133 e. The van der Waals surface area contributed by atoms with Gasteiger partial charge in [-0.2, -0.15) is 0 Å². The predicted molar refractivity (Wildman–Crippen MR) is 73.8 cm³/mol. The van der Waals surface area contributed by atoms with Gasteiger partial charge in [-0.05, 0) is 18.9 Å². The highest BCUT2D eigenvalue weighted by Crippen LogP contribution is 2.21. The van der Waals surface area contributed by atoms with Gasteiger partial charge in [-0.3, -0.25) is 9.78 Å². The minimum absolute atomic E-state index is 0.219. The Morgan fingerprint density at radius 1 is 1.16 bits per heavy atom. The number of ketones is 1. The molecule has 0 saturated heterocycles. The lowest BCUT2D eigenvalue weighted by molar-refractivity contribution is -0.123. The zero-order valence-electron chi connectivity index (χ0n) is 10.8. The number of hydrogen-bond acceptors (Lipinski definition) is 3. The summed E-state index contributed by atoms with van der Waals surface area (Å²) in [7, 11) is 0. The van der Waals surface area contributed by atoms with E-state index in [-0.39, 0.29) is 6.10 Å². The Bertz CT molecular complexity index is 579. The number of hydrogen-bond donors (Lipinski definition) is 0. The van der Waals surface area contributed by atoms with Gasteiger partial charge in [0.1, 0.15) is 5.78 Å². The molecule has 1 saturated carbocycles. The van der Waals surface area contributed by atoms with Gasteiger partial charge in [0, 0.05) is 30.0 Å². The maximum absolute atomic E-state index is 11.2. The quantitative estimate of drug-likeness (QED) is 0.845. The van der Waals surface area contributed by atoms with Crippen LogP contribution in [0, 0.1) is 0 Å². The maximum atomic E-state index is 11.2. The van der Waals surface area contributed by atoms with Crippen LogP contribution in [0.4, 0.5) is 0 Å². The normalized spacial score (nSPS) is 16.9. The topological polar surface area (TPSA) is 39.2 Å². The van der Waals surface area contributed by atoms with Crippen molar-refractivity contribution in [2.24, 2.45) is 0 Å². The molecule has 3 heteroatoms. The molecule has 3 rings (SSSR count). The van der Waals surface area contributed by atoms with Crippen molar-refractivity contribution in [1.29, 1.82) is 0 Å². The fraction of sp³-hybridized carbons (Fsp3) is 0.375. The van der Waals surface area contributed by atoms with E-state index in [1.54, 1.807) is 0 Å².